The summed E-state index contributed by atoms with van der Waals surface area (Å²) < 4.78 is 0. The maximum absolute atomic E-state index is 11.2. The van der Waals surface area contributed by atoms with Gasteiger partial charge in [0.25, 0.3) is 5.69 Å². The summed E-state index contributed by atoms with van der Waals surface area (Å²) in [5.74, 6) is 0. The van der Waals surface area contributed by atoms with Crippen LogP contribution in [0.5, 0.6) is 0 Å². The Morgan fingerprint density at radius 3 is 1.83 bits per heavy atom. The Hall–Kier alpha value is -3.34. The summed E-state index contributed by atoms with van der Waals surface area (Å²) in [6.45, 7) is 0. The lowest BCUT2D eigenvalue weighted by Gasteiger charge is -2.11. The number of nitro benzene ring substituents is 1. The van der Waals surface area contributed by atoms with Gasteiger partial charge in [0.1, 0.15) is 5.69 Å². The Balaban J connectivity index is 1.91. The number of nitrogens with one attached hydrogen (secondary N) is 2. The van der Waals surface area contributed by atoms with E-state index in [2.05, 4.69) is 10.6 Å². The van der Waals surface area contributed by atoms with E-state index in [-0.39, 0.29) is 5.69 Å². The smallest absolute Gasteiger partial charge is 0.292 e. The highest BCUT2D eigenvalue weighted by Gasteiger charge is 2.14. The Morgan fingerprint density at radius 1 is 0.696 bits per heavy atom. The molecule has 0 aliphatic rings. The van der Waals surface area contributed by atoms with Crippen molar-refractivity contribution in [3.63, 3.8) is 0 Å². The number of hydrogen-bond donors (Lipinski definition) is 2. The third-order valence-corrected chi connectivity index (χ3v) is 3.31. The molecule has 0 unspecified atom stereocenters. The number of rotatable bonds is 5. The van der Waals surface area contributed by atoms with Gasteiger partial charge in [-0.05, 0) is 36.4 Å². The molecule has 3 aromatic rings. The Kier molecular flexibility index (Phi) is 4.20. The van der Waals surface area contributed by atoms with Crippen LogP contribution in [0.2, 0.25) is 0 Å². The van der Waals surface area contributed by atoms with Gasteiger partial charge in [-0.3, -0.25) is 10.1 Å². The summed E-state index contributed by atoms with van der Waals surface area (Å²) in [6.07, 6.45) is 0. The zero-order valence-corrected chi connectivity index (χ0v) is 12.3. The number of nitro groups is 1. The molecule has 0 radical (unpaired) electrons. The number of benzene rings is 3. The minimum absolute atomic E-state index is 0.0347. The second-order valence-electron chi connectivity index (χ2n) is 4.97. The summed E-state index contributed by atoms with van der Waals surface area (Å²) in [7, 11) is 0. The third kappa shape index (κ3) is 3.65. The monoisotopic (exact) mass is 305 g/mol. The van der Waals surface area contributed by atoms with Crippen molar-refractivity contribution >= 4 is 28.4 Å². The summed E-state index contributed by atoms with van der Waals surface area (Å²) in [6, 6.07) is 24.0. The quantitative estimate of drug-likeness (QED) is 0.509. The molecule has 23 heavy (non-hydrogen) atoms. The van der Waals surface area contributed by atoms with E-state index in [1.807, 2.05) is 60.7 Å². The van der Waals surface area contributed by atoms with Crippen LogP contribution in [0.1, 0.15) is 0 Å². The number of hydrogen-bond acceptors (Lipinski definition) is 4. The average Bonchev–Trinajstić information content (AvgIpc) is 2.57. The summed E-state index contributed by atoms with van der Waals surface area (Å²) >= 11 is 0. The molecular weight excluding hydrogens is 290 g/mol. The van der Waals surface area contributed by atoms with Crippen LogP contribution in [0.4, 0.5) is 28.4 Å². The molecule has 114 valence electrons. The van der Waals surface area contributed by atoms with Gasteiger partial charge >= 0.3 is 0 Å². The van der Waals surface area contributed by atoms with E-state index in [4.69, 9.17) is 0 Å². The molecule has 5 heteroatoms. The normalized spacial score (nSPS) is 10.1. The van der Waals surface area contributed by atoms with Crippen LogP contribution >= 0.6 is 0 Å². The molecular formula is C18H15N3O2. The number of nitrogens with zero attached hydrogens (tertiary/aromatic N) is 1. The predicted octanol–water partition coefficient (Wildman–Crippen LogP) is 5.08. The molecule has 0 spiro atoms. The summed E-state index contributed by atoms with van der Waals surface area (Å²) in [4.78, 5) is 10.8. The van der Waals surface area contributed by atoms with E-state index in [1.165, 1.54) is 6.07 Å². The van der Waals surface area contributed by atoms with Gasteiger partial charge in [-0.25, -0.2) is 0 Å². The van der Waals surface area contributed by atoms with Crippen molar-refractivity contribution < 1.29 is 4.92 Å². The fraction of sp³-hybridized carbons (Fsp3) is 0. The zero-order chi connectivity index (χ0) is 16.1. The molecule has 0 aliphatic heterocycles. The maximum atomic E-state index is 11.2. The van der Waals surface area contributed by atoms with Crippen LogP contribution in [0.3, 0.4) is 0 Å². The largest absolute Gasteiger partial charge is 0.355 e. The van der Waals surface area contributed by atoms with Crippen molar-refractivity contribution in [1.29, 1.82) is 0 Å². The second kappa shape index (κ2) is 6.62. The Labute approximate surface area is 133 Å². The Morgan fingerprint density at radius 2 is 1.26 bits per heavy atom. The molecule has 0 atom stereocenters. The van der Waals surface area contributed by atoms with Crippen LogP contribution in [-0.2, 0) is 0 Å². The van der Waals surface area contributed by atoms with Crippen LogP contribution in [-0.4, -0.2) is 4.92 Å². The highest BCUT2D eigenvalue weighted by Crippen LogP contribution is 2.31. The molecule has 0 fully saturated rings. The first kappa shape index (κ1) is 14.6. The highest BCUT2D eigenvalue weighted by atomic mass is 16.6. The van der Waals surface area contributed by atoms with Crippen LogP contribution in [0.25, 0.3) is 0 Å². The standard InChI is InChI=1S/C18H15N3O2/c22-21(23)18-12-11-16(19-14-7-3-1-4-8-14)13-17(18)20-15-9-5-2-6-10-15/h1-13,19-20H. The molecule has 0 aliphatic carbocycles. The second-order valence-corrected chi connectivity index (χ2v) is 4.97. The van der Waals surface area contributed by atoms with Gasteiger partial charge in [-0.2, -0.15) is 0 Å². The first-order valence-electron chi connectivity index (χ1n) is 7.15. The molecule has 0 saturated carbocycles. The lowest BCUT2D eigenvalue weighted by Crippen LogP contribution is -1.98. The van der Waals surface area contributed by atoms with Gasteiger partial charge in [0.05, 0.1) is 4.92 Å². The highest BCUT2D eigenvalue weighted by molar-refractivity contribution is 5.75. The van der Waals surface area contributed by atoms with Crippen LogP contribution in [0, 0.1) is 10.1 Å². The van der Waals surface area contributed by atoms with E-state index in [1.54, 1.807) is 12.1 Å². The molecule has 5 nitrogen and oxygen atoms in total. The average molecular weight is 305 g/mol. The van der Waals surface area contributed by atoms with Crippen molar-refractivity contribution in [1.82, 2.24) is 0 Å². The van der Waals surface area contributed by atoms with Crippen molar-refractivity contribution in [2.75, 3.05) is 10.6 Å². The van der Waals surface area contributed by atoms with Crippen LogP contribution in [0.15, 0.2) is 78.9 Å². The minimum Gasteiger partial charge on any atom is -0.355 e. The van der Waals surface area contributed by atoms with Gasteiger partial charge < -0.3 is 10.6 Å². The fourth-order valence-corrected chi connectivity index (χ4v) is 2.24. The van der Waals surface area contributed by atoms with E-state index >= 15 is 0 Å². The number of para-hydroxylation sites is 2. The SMILES string of the molecule is O=[N+]([O-])c1ccc(Nc2ccccc2)cc1Nc1ccccc1. The molecule has 3 rings (SSSR count). The van der Waals surface area contributed by atoms with E-state index < -0.39 is 4.92 Å². The minimum atomic E-state index is -0.391. The number of anilines is 4. The van der Waals surface area contributed by atoms with Crippen molar-refractivity contribution in [2.45, 2.75) is 0 Å². The van der Waals surface area contributed by atoms with Crippen molar-refractivity contribution in [3.05, 3.63) is 89.0 Å². The fourth-order valence-electron chi connectivity index (χ4n) is 2.24. The first-order chi connectivity index (χ1) is 11.2. The van der Waals surface area contributed by atoms with Gasteiger partial charge in [0.2, 0.25) is 0 Å². The first-order valence-corrected chi connectivity index (χ1v) is 7.15. The van der Waals surface area contributed by atoms with Gasteiger partial charge in [-0.1, -0.05) is 36.4 Å². The molecule has 0 amide bonds. The summed E-state index contributed by atoms with van der Waals surface area (Å²) in [5, 5.41) is 17.6. The molecule has 0 heterocycles. The molecule has 0 bridgehead atoms. The van der Waals surface area contributed by atoms with Crippen molar-refractivity contribution in [3.8, 4) is 0 Å². The summed E-state index contributed by atoms with van der Waals surface area (Å²) in [5.41, 5.74) is 2.98. The van der Waals surface area contributed by atoms with Gasteiger partial charge in [0.15, 0.2) is 0 Å². The molecule has 0 aromatic heterocycles. The van der Waals surface area contributed by atoms with Gasteiger partial charge in [-0.15, -0.1) is 0 Å². The van der Waals surface area contributed by atoms with Crippen molar-refractivity contribution in [2.24, 2.45) is 0 Å². The molecule has 2 N–H and O–H groups in total. The lowest BCUT2D eigenvalue weighted by molar-refractivity contribution is -0.383. The maximum Gasteiger partial charge on any atom is 0.292 e. The lowest BCUT2D eigenvalue weighted by atomic mass is 10.2. The van der Waals surface area contributed by atoms with E-state index in [0.29, 0.717) is 5.69 Å². The topological polar surface area (TPSA) is 67.2 Å². The van der Waals surface area contributed by atoms with Crippen LogP contribution < -0.4 is 10.6 Å². The molecule has 3 aromatic carbocycles. The predicted molar refractivity (Wildman–Crippen MR) is 92.5 cm³/mol. The third-order valence-electron chi connectivity index (χ3n) is 3.31. The Bertz CT molecular complexity index is 805. The van der Waals surface area contributed by atoms with Gasteiger partial charge in [0, 0.05) is 23.1 Å². The van der Waals surface area contributed by atoms with E-state index in [9.17, 15) is 10.1 Å². The van der Waals surface area contributed by atoms with E-state index in [0.717, 1.165) is 17.1 Å². The zero-order valence-electron chi connectivity index (χ0n) is 12.3. The molecule has 0 saturated heterocycles.